The lowest BCUT2D eigenvalue weighted by Crippen LogP contribution is -2.41. The van der Waals surface area contributed by atoms with Gasteiger partial charge in [-0.15, -0.1) is 0 Å². The minimum Gasteiger partial charge on any atom is -0.388 e. The molecule has 0 spiro atoms. The summed E-state index contributed by atoms with van der Waals surface area (Å²) in [7, 11) is 0. The van der Waals surface area contributed by atoms with Gasteiger partial charge < -0.3 is 16.2 Å². The summed E-state index contributed by atoms with van der Waals surface area (Å²) in [5.74, 6) is 0.0421. The quantitative estimate of drug-likeness (QED) is 0.647. The van der Waals surface area contributed by atoms with Gasteiger partial charge >= 0.3 is 0 Å². The van der Waals surface area contributed by atoms with E-state index < -0.39 is 5.60 Å². The number of carbonyl (C=O) groups is 1. The Morgan fingerprint density at radius 1 is 1.33 bits per heavy atom. The Morgan fingerprint density at radius 3 is 2.50 bits per heavy atom. The molecule has 4 nitrogen and oxygen atoms in total. The van der Waals surface area contributed by atoms with E-state index >= 15 is 0 Å². The van der Waals surface area contributed by atoms with Crippen LogP contribution in [-0.4, -0.2) is 29.7 Å². The summed E-state index contributed by atoms with van der Waals surface area (Å²) in [4.78, 5) is 11.7. The van der Waals surface area contributed by atoms with E-state index in [2.05, 4.69) is 19.2 Å². The van der Waals surface area contributed by atoms with Gasteiger partial charge in [-0.05, 0) is 37.6 Å². The van der Waals surface area contributed by atoms with Gasteiger partial charge in [-0.2, -0.15) is 0 Å². The van der Waals surface area contributed by atoms with Crippen LogP contribution in [0.15, 0.2) is 0 Å². The topological polar surface area (TPSA) is 75.4 Å². The average molecular weight is 256 g/mol. The molecular formula is C14H28N2O2. The maximum Gasteiger partial charge on any atom is 0.220 e. The lowest BCUT2D eigenvalue weighted by Gasteiger charge is -2.25. The second-order valence-electron chi connectivity index (χ2n) is 6.41. The van der Waals surface area contributed by atoms with Crippen LogP contribution >= 0.6 is 0 Å². The molecule has 0 aromatic rings. The first-order valence-electron chi connectivity index (χ1n) is 7.06. The molecule has 1 aliphatic rings. The zero-order valence-electron chi connectivity index (χ0n) is 11.8. The molecule has 0 radical (unpaired) electrons. The van der Waals surface area contributed by atoms with Crippen LogP contribution in [-0.2, 0) is 4.79 Å². The van der Waals surface area contributed by atoms with E-state index in [1.807, 2.05) is 0 Å². The summed E-state index contributed by atoms with van der Waals surface area (Å²) in [5.41, 5.74) is 5.02. The Bertz CT molecular complexity index is 271. The molecular weight excluding hydrogens is 228 g/mol. The predicted octanol–water partition coefficient (Wildman–Crippen LogP) is 1.56. The Balaban J connectivity index is 2.21. The molecule has 4 heteroatoms. The molecule has 0 saturated heterocycles. The largest absolute Gasteiger partial charge is 0.388 e. The van der Waals surface area contributed by atoms with Crippen molar-refractivity contribution in [3.05, 3.63) is 0 Å². The van der Waals surface area contributed by atoms with Gasteiger partial charge in [-0.1, -0.05) is 26.7 Å². The summed E-state index contributed by atoms with van der Waals surface area (Å²) in [6.45, 7) is 5.34. The smallest absolute Gasteiger partial charge is 0.220 e. The number of nitrogens with one attached hydrogen (secondary N) is 1. The molecule has 0 bridgehead atoms. The summed E-state index contributed by atoms with van der Waals surface area (Å²) in [5, 5.41) is 13.0. The average Bonchev–Trinajstić information content (AvgIpc) is 2.72. The van der Waals surface area contributed by atoms with Crippen molar-refractivity contribution in [3.8, 4) is 0 Å². The molecule has 0 aromatic heterocycles. The van der Waals surface area contributed by atoms with Gasteiger partial charge in [0.15, 0.2) is 0 Å². The van der Waals surface area contributed by atoms with Crippen molar-refractivity contribution in [2.45, 2.75) is 64.4 Å². The van der Waals surface area contributed by atoms with Crippen LogP contribution in [0, 0.1) is 5.41 Å². The number of carbonyl (C=O) groups excluding carboxylic acids is 1. The minimum atomic E-state index is -0.650. The van der Waals surface area contributed by atoms with E-state index in [9.17, 15) is 9.90 Å². The van der Waals surface area contributed by atoms with Crippen molar-refractivity contribution < 1.29 is 9.90 Å². The zero-order valence-corrected chi connectivity index (χ0v) is 11.8. The lowest BCUT2D eigenvalue weighted by molar-refractivity contribution is -0.122. The van der Waals surface area contributed by atoms with Crippen molar-refractivity contribution in [2.75, 3.05) is 13.1 Å². The third kappa shape index (κ3) is 5.36. The highest BCUT2D eigenvalue weighted by Gasteiger charge is 2.31. The van der Waals surface area contributed by atoms with Crippen LogP contribution < -0.4 is 11.1 Å². The van der Waals surface area contributed by atoms with Gasteiger partial charge in [0.25, 0.3) is 0 Å². The second kappa shape index (κ2) is 6.53. The van der Waals surface area contributed by atoms with Crippen LogP contribution in [0.4, 0.5) is 0 Å². The number of nitrogens with two attached hydrogens (primary N) is 1. The highest BCUT2D eigenvalue weighted by molar-refractivity contribution is 5.75. The van der Waals surface area contributed by atoms with Gasteiger partial charge in [0.2, 0.25) is 5.91 Å². The van der Waals surface area contributed by atoms with Crippen LogP contribution in [0.1, 0.15) is 58.8 Å². The molecule has 1 fully saturated rings. The molecule has 1 rings (SSSR count). The van der Waals surface area contributed by atoms with Crippen molar-refractivity contribution in [3.63, 3.8) is 0 Å². The first-order chi connectivity index (χ1) is 8.37. The maximum atomic E-state index is 11.7. The normalized spacial score (nSPS) is 18.9. The van der Waals surface area contributed by atoms with Crippen LogP contribution in [0.25, 0.3) is 0 Å². The Hall–Kier alpha value is -0.610. The third-order valence-corrected chi connectivity index (χ3v) is 4.00. The van der Waals surface area contributed by atoms with Crippen molar-refractivity contribution in [1.29, 1.82) is 0 Å². The summed E-state index contributed by atoms with van der Waals surface area (Å²) < 4.78 is 0. The van der Waals surface area contributed by atoms with E-state index in [1.54, 1.807) is 0 Å². The molecule has 106 valence electrons. The first-order valence-corrected chi connectivity index (χ1v) is 7.06. The van der Waals surface area contributed by atoms with E-state index in [-0.39, 0.29) is 11.3 Å². The van der Waals surface area contributed by atoms with E-state index in [0.717, 1.165) is 38.5 Å². The monoisotopic (exact) mass is 256 g/mol. The molecule has 0 unspecified atom stereocenters. The fourth-order valence-electron chi connectivity index (χ4n) is 2.53. The van der Waals surface area contributed by atoms with Crippen LogP contribution in [0.5, 0.6) is 0 Å². The lowest BCUT2D eigenvalue weighted by atomic mass is 9.84. The fraction of sp³-hybridized carbons (Fsp3) is 0.929. The fourth-order valence-corrected chi connectivity index (χ4v) is 2.53. The van der Waals surface area contributed by atoms with Gasteiger partial charge in [0.05, 0.1) is 5.60 Å². The number of rotatable bonds is 7. The summed E-state index contributed by atoms with van der Waals surface area (Å²) >= 11 is 0. The highest BCUT2D eigenvalue weighted by Crippen LogP contribution is 2.29. The van der Waals surface area contributed by atoms with Crippen LogP contribution in [0.2, 0.25) is 0 Å². The number of hydrogen-bond acceptors (Lipinski definition) is 3. The SMILES string of the molecule is CC(C)(CCN)CCC(=O)NCC1(O)CCCC1. The first kappa shape index (κ1) is 15.4. The molecule has 0 atom stereocenters. The Labute approximate surface area is 110 Å². The molecule has 1 amide bonds. The van der Waals surface area contributed by atoms with Crippen molar-refractivity contribution in [1.82, 2.24) is 5.32 Å². The standard InChI is InChI=1S/C14H28N2O2/c1-13(2,9-10-15)8-5-12(17)16-11-14(18)6-3-4-7-14/h18H,3-11,15H2,1-2H3,(H,16,17). The van der Waals surface area contributed by atoms with E-state index in [4.69, 9.17) is 5.73 Å². The molecule has 1 saturated carbocycles. The number of hydrogen-bond donors (Lipinski definition) is 3. The highest BCUT2D eigenvalue weighted by atomic mass is 16.3. The van der Waals surface area contributed by atoms with E-state index in [1.165, 1.54) is 0 Å². The number of amides is 1. The Morgan fingerprint density at radius 2 is 1.94 bits per heavy atom. The van der Waals surface area contributed by atoms with Crippen molar-refractivity contribution in [2.24, 2.45) is 11.1 Å². The molecule has 1 aliphatic carbocycles. The summed E-state index contributed by atoms with van der Waals surface area (Å²) in [6.07, 6.45) is 6.05. The number of aliphatic hydroxyl groups is 1. The van der Waals surface area contributed by atoms with E-state index in [0.29, 0.717) is 19.5 Å². The molecule has 0 aromatic carbocycles. The molecule has 4 N–H and O–H groups in total. The third-order valence-electron chi connectivity index (χ3n) is 4.00. The zero-order chi connectivity index (χ0) is 13.6. The molecule has 18 heavy (non-hydrogen) atoms. The van der Waals surface area contributed by atoms with Crippen molar-refractivity contribution >= 4 is 5.91 Å². The van der Waals surface area contributed by atoms with Gasteiger partial charge in [0, 0.05) is 13.0 Å². The van der Waals surface area contributed by atoms with Gasteiger partial charge in [0.1, 0.15) is 0 Å². The minimum absolute atomic E-state index is 0.0421. The molecule has 0 aliphatic heterocycles. The Kier molecular flexibility index (Phi) is 5.60. The molecule has 0 heterocycles. The second-order valence-corrected chi connectivity index (χ2v) is 6.41. The van der Waals surface area contributed by atoms with Gasteiger partial charge in [-0.25, -0.2) is 0 Å². The van der Waals surface area contributed by atoms with Gasteiger partial charge in [-0.3, -0.25) is 4.79 Å². The summed E-state index contributed by atoms with van der Waals surface area (Å²) in [6, 6.07) is 0. The van der Waals surface area contributed by atoms with Crippen LogP contribution in [0.3, 0.4) is 0 Å². The predicted molar refractivity (Wildman–Crippen MR) is 73.1 cm³/mol. The maximum absolute atomic E-state index is 11.7.